The summed E-state index contributed by atoms with van der Waals surface area (Å²) in [7, 11) is -2.31. The van der Waals surface area contributed by atoms with Crippen LogP contribution in [0, 0.1) is 0 Å². The number of sulfonamides is 1. The lowest BCUT2D eigenvalue weighted by molar-refractivity contribution is -0.126. The SMILES string of the molecule is CNC(=O)[C@@H](C)Oc1ccc(S(=O)(=O)Nc2ccc(C(N)=O)cc2)cc1. The maximum Gasteiger partial charge on any atom is 0.261 e. The lowest BCUT2D eigenvalue weighted by Crippen LogP contribution is -2.33. The van der Waals surface area contributed by atoms with Crippen molar-refractivity contribution in [2.45, 2.75) is 17.9 Å². The van der Waals surface area contributed by atoms with Crippen molar-refractivity contribution in [3.05, 3.63) is 54.1 Å². The van der Waals surface area contributed by atoms with Gasteiger partial charge < -0.3 is 15.8 Å². The third-order valence-electron chi connectivity index (χ3n) is 3.48. The zero-order chi connectivity index (χ0) is 19.3. The van der Waals surface area contributed by atoms with E-state index in [1.807, 2.05) is 0 Å². The number of benzene rings is 2. The fourth-order valence-electron chi connectivity index (χ4n) is 2.07. The molecule has 0 saturated carbocycles. The van der Waals surface area contributed by atoms with E-state index in [9.17, 15) is 18.0 Å². The highest BCUT2D eigenvalue weighted by Crippen LogP contribution is 2.20. The zero-order valence-corrected chi connectivity index (χ0v) is 15.0. The number of rotatable bonds is 7. The summed E-state index contributed by atoms with van der Waals surface area (Å²) in [6, 6.07) is 11.4. The Bertz CT molecular complexity index is 893. The molecular weight excluding hydrogens is 358 g/mol. The average molecular weight is 377 g/mol. The molecule has 138 valence electrons. The van der Waals surface area contributed by atoms with Gasteiger partial charge in [-0.3, -0.25) is 14.3 Å². The average Bonchev–Trinajstić information content (AvgIpc) is 2.61. The molecule has 0 saturated heterocycles. The third-order valence-corrected chi connectivity index (χ3v) is 4.88. The number of amides is 2. The van der Waals surface area contributed by atoms with Gasteiger partial charge in [0.2, 0.25) is 5.91 Å². The first-order valence-corrected chi connectivity index (χ1v) is 9.12. The topological polar surface area (TPSA) is 128 Å². The Morgan fingerprint density at radius 1 is 1.04 bits per heavy atom. The van der Waals surface area contributed by atoms with E-state index in [0.29, 0.717) is 11.4 Å². The molecule has 2 aromatic rings. The van der Waals surface area contributed by atoms with Gasteiger partial charge in [0.1, 0.15) is 5.75 Å². The number of ether oxygens (including phenoxy) is 1. The quantitative estimate of drug-likeness (QED) is 0.666. The predicted octanol–water partition coefficient (Wildman–Crippen LogP) is 1.10. The van der Waals surface area contributed by atoms with Crippen molar-refractivity contribution < 1.29 is 22.7 Å². The van der Waals surface area contributed by atoms with E-state index in [1.54, 1.807) is 6.92 Å². The first-order chi connectivity index (χ1) is 12.2. The fourth-order valence-corrected chi connectivity index (χ4v) is 3.13. The van der Waals surface area contributed by atoms with E-state index >= 15 is 0 Å². The summed E-state index contributed by atoms with van der Waals surface area (Å²) in [6.07, 6.45) is -0.704. The summed E-state index contributed by atoms with van der Waals surface area (Å²) in [5, 5.41) is 2.46. The Labute approximate surface area is 151 Å². The van der Waals surface area contributed by atoms with Crippen LogP contribution in [0.1, 0.15) is 17.3 Å². The minimum Gasteiger partial charge on any atom is -0.481 e. The van der Waals surface area contributed by atoms with Gasteiger partial charge in [0, 0.05) is 18.3 Å². The van der Waals surface area contributed by atoms with Crippen LogP contribution < -0.4 is 20.5 Å². The summed E-state index contributed by atoms with van der Waals surface area (Å²) in [5.74, 6) is -0.519. The van der Waals surface area contributed by atoms with Gasteiger partial charge in [-0.1, -0.05) is 0 Å². The number of carbonyl (C=O) groups is 2. The molecular formula is C17H19N3O5S. The standard InChI is InChI=1S/C17H19N3O5S/c1-11(17(22)19-2)25-14-7-9-15(10-8-14)26(23,24)20-13-5-3-12(4-6-13)16(18)21/h3-11,20H,1-2H3,(H2,18,21)(H,19,22)/t11-/m1/s1. The first kappa shape index (κ1) is 19.3. The highest BCUT2D eigenvalue weighted by molar-refractivity contribution is 7.92. The van der Waals surface area contributed by atoms with Crippen molar-refractivity contribution >= 4 is 27.5 Å². The van der Waals surface area contributed by atoms with Crippen LogP contribution in [0.2, 0.25) is 0 Å². The maximum atomic E-state index is 12.4. The van der Waals surface area contributed by atoms with Crippen molar-refractivity contribution in [3.8, 4) is 5.75 Å². The molecule has 0 aliphatic carbocycles. The first-order valence-electron chi connectivity index (χ1n) is 7.64. The molecule has 9 heteroatoms. The molecule has 0 fully saturated rings. The Morgan fingerprint density at radius 2 is 1.62 bits per heavy atom. The predicted molar refractivity (Wildman–Crippen MR) is 96.4 cm³/mol. The number of nitrogens with two attached hydrogens (primary N) is 1. The van der Waals surface area contributed by atoms with E-state index in [1.165, 1.54) is 55.6 Å². The molecule has 0 aromatic heterocycles. The van der Waals surface area contributed by atoms with Crippen LogP contribution in [0.15, 0.2) is 53.4 Å². The highest BCUT2D eigenvalue weighted by atomic mass is 32.2. The second-order valence-electron chi connectivity index (χ2n) is 5.39. The van der Waals surface area contributed by atoms with Crippen molar-refractivity contribution in [2.24, 2.45) is 5.73 Å². The Hall–Kier alpha value is -3.07. The summed E-state index contributed by atoms with van der Waals surface area (Å²) >= 11 is 0. The molecule has 0 aliphatic heterocycles. The van der Waals surface area contributed by atoms with E-state index < -0.39 is 22.0 Å². The van der Waals surface area contributed by atoms with Gasteiger partial charge in [0.05, 0.1) is 4.90 Å². The Morgan fingerprint density at radius 3 is 2.12 bits per heavy atom. The van der Waals surface area contributed by atoms with Gasteiger partial charge in [0.15, 0.2) is 6.10 Å². The molecule has 0 radical (unpaired) electrons. The molecule has 0 aliphatic rings. The lowest BCUT2D eigenvalue weighted by atomic mass is 10.2. The Kier molecular flexibility index (Phi) is 5.83. The number of anilines is 1. The van der Waals surface area contributed by atoms with Gasteiger partial charge in [0.25, 0.3) is 15.9 Å². The summed E-state index contributed by atoms with van der Waals surface area (Å²) in [6.45, 7) is 1.58. The largest absolute Gasteiger partial charge is 0.481 e. The van der Waals surface area contributed by atoms with Crippen molar-refractivity contribution in [3.63, 3.8) is 0 Å². The van der Waals surface area contributed by atoms with Crippen LogP contribution in [0.5, 0.6) is 5.75 Å². The lowest BCUT2D eigenvalue weighted by Gasteiger charge is -2.13. The van der Waals surface area contributed by atoms with Crippen molar-refractivity contribution in [2.75, 3.05) is 11.8 Å². The van der Waals surface area contributed by atoms with Crippen LogP contribution in [-0.2, 0) is 14.8 Å². The number of primary amides is 1. The molecule has 2 amide bonds. The van der Waals surface area contributed by atoms with Gasteiger partial charge in [-0.25, -0.2) is 8.42 Å². The van der Waals surface area contributed by atoms with Crippen LogP contribution in [0.4, 0.5) is 5.69 Å². The molecule has 26 heavy (non-hydrogen) atoms. The molecule has 2 rings (SSSR count). The van der Waals surface area contributed by atoms with Crippen LogP contribution in [0.25, 0.3) is 0 Å². The molecule has 1 atom stereocenters. The van der Waals surface area contributed by atoms with Gasteiger partial charge in [-0.2, -0.15) is 0 Å². The second kappa shape index (κ2) is 7.87. The van der Waals surface area contributed by atoms with E-state index in [2.05, 4.69) is 10.0 Å². The highest BCUT2D eigenvalue weighted by Gasteiger charge is 2.16. The van der Waals surface area contributed by atoms with Crippen LogP contribution in [-0.4, -0.2) is 33.4 Å². The summed E-state index contributed by atoms with van der Waals surface area (Å²) in [5.41, 5.74) is 5.72. The molecule has 0 spiro atoms. The van der Waals surface area contributed by atoms with Crippen LogP contribution in [0.3, 0.4) is 0 Å². The molecule has 0 unspecified atom stereocenters. The number of hydrogen-bond donors (Lipinski definition) is 3. The van der Waals surface area contributed by atoms with Gasteiger partial charge in [-0.15, -0.1) is 0 Å². The minimum atomic E-state index is -3.81. The normalized spacial score (nSPS) is 12.1. The second-order valence-corrected chi connectivity index (χ2v) is 7.08. The third kappa shape index (κ3) is 4.73. The van der Waals surface area contributed by atoms with E-state index in [4.69, 9.17) is 10.5 Å². The fraction of sp³-hybridized carbons (Fsp3) is 0.176. The van der Waals surface area contributed by atoms with Gasteiger partial charge in [-0.05, 0) is 55.5 Å². The zero-order valence-electron chi connectivity index (χ0n) is 14.2. The molecule has 2 aromatic carbocycles. The molecule has 0 bridgehead atoms. The van der Waals surface area contributed by atoms with E-state index in [-0.39, 0.29) is 16.4 Å². The van der Waals surface area contributed by atoms with Crippen LogP contribution >= 0.6 is 0 Å². The molecule has 4 N–H and O–H groups in total. The smallest absolute Gasteiger partial charge is 0.261 e. The maximum absolute atomic E-state index is 12.4. The number of nitrogens with one attached hydrogen (secondary N) is 2. The number of hydrogen-bond acceptors (Lipinski definition) is 5. The van der Waals surface area contributed by atoms with E-state index in [0.717, 1.165) is 0 Å². The summed E-state index contributed by atoms with van der Waals surface area (Å²) in [4.78, 5) is 22.5. The number of carbonyl (C=O) groups excluding carboxylic acids is 2. The molecule has 8 nitrogen and oxygen atoms in total. The van der Waals surface area contributed by atoms with Gasteiger partial charge >= 0.3 is 0 Å². The Balaban J connectivity index is 2.11. The number of likely N-dealkylation sites (N-methyl/N-ethyl adjacent to an activating group) is 1. The minimum absolute atomic E-state index is 0.0245. The monoisotopic (exact) mass is 377 g/mol. The molecule has 0 heterocycles. The van der Waals surface area contributed by atoms with Crippen molar-refractivity contribution in [1.29, 1.82) is 0 Å². The summed E-state index contributed by atoms with van der Waals surface area (Å²) < 4.78 is 32.6. The van der Waals surface area contributed by atoms with Crippen molar-refractivity contribution in [1.82, 2.24) is 5.32 Å².